The van der Waals surface area contributed by atoms with Crippen molar-refractivity contribution in [1.29, 1.82) is 0 Å². The normalized spacial score (nSPS) is 28.8. The van der Waals surface area contributed by atoms with Gasteiger partial charge in [-0.2, -0.15) is 0 Å². The lowest BCUT2D eigenvalue weighted by Gasteiger charge is -2.35. The van der Waals surface area contributed by atoms with Crippen LogP contribution in [0.5, 0.6) is 0 Å². The SMILES string of the molecule is CNc1cc(NC2CCCC(C)C2C)ccn1. The molecule has 2 N–H and O–H groups in total. The second kappa shape index (κ2) is 5.39. The van der Waals surface area contributed by atoms with Gasteiger partial charge >= 0.3 is 0 Å². The summed E-state index contributed by atoms with van der Waals surface area (Å²) < 4.78 is 0. The molecule has 1 heterocycles. The van der Waals surface area contributed by atoms with Crippen LogP contribution in [0.4, 0.5) is 11.5 Å². The topological polar surface area (TPSA) is 37.0 Å². The van der Waals surface area contributed by atoms with Gasteiger partial charge in [0.1, 0.15) is 5.82 Å². The number of nitrogens with one attached hydrogen (secondary N) is 2. The van der Waals surface area contributed by atoms with Gasteiger partial charge in [-0.1, -0.05) is 26.7 Å². The molecule has 1 aromatic rings. The second-order valence-corrected chi connectivity index (χ2v) is 5.20. The van der Waals surface area contributed by atoms with Gasteiger partial charge in [-0.15, -0.1) is 0 Å². The Balaban J connectivity index is 2.04. The predicted molar refractivity (Wildman–Crippen MR) is 73.4 cm³/mol. The van der Waals surface area contributed by atoms with Crippen LogP contribution in [0.2, 0.25) is 0 Å². The van der Waals surface area contributed by atoms with Crippen molar-refractivity contribution in [3.05, 3.63) is 18.3 Å². The van der Waals surface area contributed by atoms with Crippen molar-refractivity contribution in [3.63, 3.8) is 0 Å². The molecule has 3 nitrogen and oxygen atoms in total. The highest BCUT2D eigenvalue weighted by Crippen LogP contribution is 2.31. The van der Waals surface area contributed by atoms with E-state index in [-0.39, 0.29) is 0 Å². The molecule has 0 aromatic carbocycles. The highest BCUT2D eigenvalue weighted by Gasteiger charge is 2.26. The maximum Gasteiger partial charge on any atom is 0.127 e. The fourth-order valence-corrected chi connectivity index (χ4v) is 2.66. The van der Waals surface area contributed by atoms with Crippen LogP contribution >= 0.6 is 0 Å². The van der Waals surface area contributed by atoms with Crippen LogP contribution in [-0.4, -0.2) is 18.1 Å². The Labute approximate surface area is 104 Å². The van der Waals surface area contributed by atoms with E-state index in [9.17, 15) is 0 Å². The molecule has 0 spiro atoms. The van der Waals surface area contributed by atoms with Gasteiger partial charge in [-0.3, -0.25) is 0 Å². The molecule has 1 aliphatic rings. The molecule has 3 atom stereocenters. The van der Waals surface area contributed by atoms with Crippen molar-refractivity contribution in [2.75, 3.05) is 17.7 Å². The number of pyridine rings is 1. The Kier molecular flexibility index (Phi) is 3.87. The highest BCUT2D eigenvalue weighted by atomic mass is 15.0. The molecule has 0 bridgehead atoms. The summed E-state index contributed by atoms with van der Waals surface area (Å²) in [5, 5.41) is 6.73. The van der Waals surface area contributed by atoms with Gasteiger partial charge in [-0.25, -0.2) is 4.98 Å². The van der Waals surface area contributed by atoms with E-state index in [2.05, 4.69) is 35.5 Å². The van der Waals surface area contributed by atoms with Gasteiger partial charge in [0.15, 0.2) is 0 Å². The minimum absolute atomic E-state index is 0.603. The number of hydrogen-bond donors (Lipinski definition) is 2. The smallest absolute Gasteiger partial charge is 0.127 e. The third kappa shape index (κ3) is 2.90. The first-order valence-corrected chi connectivity index (χ1v) is 6.61. The molecular weight excluding hydrogens is 210 g/mol. The maximum absolute atomic E-state index is 4.23. The summed E-state index contributed by atoms with van der Waals surface area (Å²) in [7, 11) is 1.90. The Morgan fingerprint density at radius 2 is 2.12 bits per heavy atom. The average Bonchev–Trinajstić information content (AvgIpc) is 2.35. The number of anilines is 2. The molecule has 1 fully saturated rings. The van der Waals surface area contributed by atoms with E-state index < -0.39 is 0 Å². The van der Waals surface area contributed by atoms with Crippen LogP contribution in [0.15, 0.2) is 18.3 Å². The lowest BCUT2D eigenvalue weighted by atomic mass is 9.78. The molecule has 0 saturated heterocycles. The van der Waals surface area contributed by atoms with E-state index >= 15 is 0 Å². The third-order valence-electron chi connectivity index (χ3n) is 4.07. The van der Waals surface area contributed by atoms with E-state index in [1.165, 1.54) is 24.9 Å². The van der Waals surface area contributed by atoms with Crippen LogP contribution in [0, 0.1) is 11.8 Å². The van der Waals surface area contributed by atoms with E-state index in [4.69, 9.17) is 0 Å². The van der Waals surface area contributed by atoms with Crippen LogP contribution in [0.3, 0.4) is 0 Å². The van der Waals surface area contributed by atoms with Crippen LogP contribution < -0.4 is 10.6 Å². The first-order valence-electron chi connectivity index (χ1n) is 6.61. The summed E-state index contributed by atoms with van der Waals surface area (Å²) >= 11 is 0. The predicted octanol–water partition coefficient (Wildman–Crippen LogP) is 3.36. The lowest BCUT2D eigenvalue weighted by Crippen LogP contribution is -2.35. The quantitative estimate of drug-likeness (QED) is 0.840. The van der Waals surface area contributed by atoms with Crippen molar-refractivity contribution < 1.29 is 0 Å². The number of hydrogen-bond acceptors (Lipinski definition) is 3. The van der Waals surface area contributed by atoms with Gasteiger partial charge in [0.25, 0.3) is 0 Å². The largest absolute Gasteiger partial charge is 0.382 e. The zero-order valence-corrected chi connectivity index (χ0v) is 11.0. The van der Waals surface area contributed by atoms with Gasteiger partial charge in [-0.05, 0) is 24.3 Å². The molecule has 94 valence electrons. The summed E-state index contributed by atoms with van der Waals surface area (Å²) in [5.74, 6) is 2.49. The molecule has 1 aromatic heterocycles. The van der Waals surface area contributed by atoms with Crippen molar-refractivity contribution in [2.24, 2.45) is 11.8 Å². The number of rotatable bonds is 3. The van der Waals surface area contributed by atoms with Gasteiger partial charge in [0.2, 0.25) is 0 Å². The summed E-state index contributed by atoms with van der Waals surface area (Å²) in [4.78, 5) is 4.23. The Morgan fingerprint density at radius 3 is 2.88 bits per heavy atom. The van der Waals surface area contributed by atoms with Gasteiger partial charge in [0, 0.05) is 31.0 Å². The summed E-state index contributed by atoms with van der Waals surface area (Å²) in [6, 6.07) is 4.73. The molecule has 3 heteroatoms. The zero-order chi connectivity index (χ0) is 12.3. The fraction of sp³-hybridized carbons (Fsp3) is 0.643. The average molecular weight is 233 g/mol. The molecule has 17 heavy (non-hydrogen) atoms. The monoisotopic (exact) mass is 233 g/mol. The highest BCUT2D eigenvalue weighted by molar-refractivity contribution is 5.52. The minimum Gasteiger partial charge on any atom is -0.382 e. The van der Waals surface area contributed by atoms with E-state index in [1.807, 2.05) is 19.3 Å². The summed E-state index contributed by atoms with van der Waals surface area (Å²) in [6.07, 6.45) is 5.85. The van der Waals surface area contributed by atoms with Crippen molar-refractivity contribution in [2.45, 2.75) is 39.2 Å². The Hall–Kier alpha value is -1.25. The van der Waals surface area contributed by atoms with E-state index in [0.717, 1.165) is 17.7 Å². The zero-order valence-electron chi connectivity index (χ0n) is 11.0. The van der Waals surface area contributed by atoms with Crippen LogP contribution in [-0.2, 0) is 0 Å². The molecule has 1 aliphatic carbocycles. The molecule has 0 aliphatic heterocycles. The van der Waals surface area contributed by atoms with Crippen molar-refractivity contribution in [1.82, 2.24) is 4.98 Å². The molecule has 1 saturated carbocycles. The van der Waals surface area contributed by atoms with Crippen molar-refractivity contribution in [3.8, 4) is 0 Å². The van der Waals surface area contributed by atoms with Crippen LogP contribution in [0.25, 0.3) is 0 Å². The van der Waals surface area contributed by atoms with Crippen LogP contribution in [0.1, 0.15) is 33.1 Å². The van der Waals surface area contributed by atoms with E-state index in [1.54, 1.807) is 0 Å². The fourth-order valence-electron chi connectivity index (χ4n) is 2.66. The van der Waals surface area contributed by atoms with E-state index in [0.29, 0.717) is 6.04 Å². The summed E-state index contributed by atoms with van der Waals surface area (Å²) in [6.45, 7) is 4.73. The Bertz CT molecular complexity index is 364. The minimum atomic E-state index is 0.603. The molecular formula is C14H23N3. The Morgan fingerprint density at radius 1 is 1.29 bits per heavy atom. The number of aromatic nitrogens is 1. The molecule has 2 rings (SSSR count). The first-order chi connectivity index (χ1) is 8.20. The lowest BCUT2D eigenvalue weighted by molar-refractivity contribution is 0.253. The number of nitrogens with zero attached hydrogens (tertiary/aromatic N) is 1. The summed E-state index contributed by atoms with van der Waals surface area (Å²) in [5.41, 5.74) is 1.18. The third-order valence-corrected chi connectivity index (χ3v) is 4.07. The second-order valence-electron chi connectivity index (χ2n) is 5.20. The standard InChI is InChI=1S/C14H23N3/c1-10-5-4-6-13(11(10)2)17-12-7-8-16-14(9-12)15-3/h7-11,13H,4-6H2,1-3H3,(H2,15,16,17). The maximum atomic E-state index is 4.23. The molecule has 0 amide bonds. The van der Waals surface area contributed by atoms with Gasteiger partial charge in [0.05, 0.1) is 0 Å². The van der Waals surface area contributed by atoms with Crippen molar-refractivity contribution >= 4 is 11.5 Å². The molecule has 0 radical (unpaired) electrons. The van der Waals surface area contributed by atoms with Gasteiger partial charge < -0.3 is 10.6 Å². The molecule has 3 unspecified atom stereocenters. The first kappa shape index (κ1) is 12.2.